The van der Waals surface area contributed by atoms with Crippen molar-refractivity contribution in [3.63, 3.8) is 0 Å². The van der Waals surface area contributed by atoms with Gasteiger partial charge in [0.25, 0.3) is 5.56 Å². The summed E-state index contributed by atoms with van der Waals surface area (Å²) in [6, 6.07) is 25.0. The minimum Gasteiger partial charge on any atom is -0.481 e. The van der Waals surface area contributed by atoms with Crippen molar-refractivity contribution in [1.29, 1.82) is 0 Å². The summed E-state index contributed by atoms with van der Waals surface area (Å²) in [6.45, 7) is 5.86. The Balaban J connectivity index is 1.47. The molecule has 2 heterocycles. The highest BCUT2D eigenvalue weighted by Crippen LogP contribution is 2.32. The van der Waals surface area contributed by atoms with Gasteiger partial charge in [0.05, 0.1) is 17.5 Å². The number of aryl methyl sites for hydroxylation is 1. The molecule has 0 saturated heterocycles. The lowest BCUT2D eigenvalue weighted by atomic mass is 9.83. The minimum absolute atomic E-state index is 0.0904. The van der Waals surface area contributed by atoms with Crippen molar-refractivity contribution in [1.82, 2.24) is 9.47 Å². The molecule has 2 aromatic heterocycles. The topological polar surface area (TPSA) is 75.7 Å². The molecule has 0 fully saturated rings. The Morgan fingerprint density at radius 1 is 0.886 bits per heavy atom. The van der Waals surface area contributed by atoms with Crippen molar-refractivity contribution >= 4 is 16.9 Å². The number of aromatic nitrogens is 1. The Kier molecular flexibility index (Phi) is 8.27. The third kappa shape index (κ3) is 6.19. The van der Waals surface area contributed by atoms with E-state index in [0.717, 1.165) is 39.2 Å². The van der Waals surface area contributed by atoms with Gasteiger partial charge in [-0.3, -0.25) is 14.5 Å². The number of hydrogen-bond donors (Lipinski definition) is 1. The number of pyridine rings is 1. The van der Waals surface area contributed by atoms with Crippen molar-refractivity contribution in [3.05, 3.63) is 129 Å². The van der Waals surface area contributed by atoms with Crippen LogP contribution in [0.5, 0.6) is 0 Å². The van der Waals surface area contributed by atoms with Crippen molar-refractivity contribution in [3.8, 4) is 11.1 Å². The molecule has 5 aromatic rings. The number of nitrogens with zero attached hydrogens (tertiary/aromatic N) is 2. The first-order valence-corrected chi connectivity index (χ1v) is 14.1. The molecule has 0 saturated carbocycles. The predicted octanol–water partition coefficient (Wildman–Crippen LogP) is 7.69. The normalized spacial score (nSPS) is 12.3. The molecule has 0 amide bonds. The quantitative estimate of drug-likeness (QED) is 0.187. The van der Waals surface area contributed by atoms with Crippen LogP contribution in [-0.4, -0.2) is 20.5 Å². The number of carboxylic acids is 1. The van der Waals surface area contributed by atoms with Crippen LogP contribution in [0.2, 0.25) is 0 Å². The second kappa shape index (κ2) is 11.8. The van der Waals surface area contributed by atoms with E-state index in [1.54, 1.807) is 38.5 Å². The number of carbonyl (C=O) groups is 1. The molecule has 0 radical (unpaired) electrons. The van der Waals surface area contributed by atoms with Gasteiger partial charge in [-0.2, -0.15) is 13.2 Å². The van der Waals surface area contributed by atoms with Gasteiger partial charge < -0.3 is 14.1 Å². The molecule has 3 aromatic carbocycles. The summed E-state index contributed by atoms with van der Waals surface area (Å²) in [5.74, 6) is -1.80. The smallest absolute Gasteiger partial charge is 0.449 e. The third-order valence-electron chi connectivity index (χ3n) is 8.18. The number of halogens is 3. The summed E-state index contributed by atoms with van der Waals surface area (Å²) in [5.41, 5.74) is 4.34. The van der Waals surface area contributed by atoms with E-state index in [4.69, 9.17) is 4.42 Å². The minimum atomic E-state index is -4.59. The molecular weight excluding hydrogens is 569 g/mol. The van der Waals surface area contributed by atoms with Crippen LogP contribution in [-0.2, 0) is 43.1 Å². The molecule has 228 valence electrons. The fourth-order valence-corrected chi connectivity index (χ4v) is 5.42. The van der Waals surface area contributed by atoms with E-state index in [2.05, 4.69) is 0 Å². The zero-order chi connectivity index (χ0) is 31.8. The second-order valence-electron chi connectivity index (χ2n) is 11.6. The summed E-state index contributed by atoms with van der Waals surface area (Å²) in [4.78, 5) is 26.8. The van der Waals surface area contributed by atoms with Crippen LogP contribution in [0, 0.1) is 6.92 Å². The highest BCUT2D eigenvalue weighted by molar-refractivity contribution is 5.83. The zero-order valence-corrected chi connectivity index (χ0v) is 24.9. The summed E-state index contributed by atoms with van der Waals surface area (Å²) in [6.07, 6.45) is -4.59. The first kappa shape index (κ1) is 30.8. The fourth-order valence-electron chi connectivity index (χ4n) is 5.42. The van der Waals surface area contributed by atoms with Gasteiger partial charge >= 0.3 is 12.1 Å². The lowest BCUT2D eigenvalue weighted by Crippen LogP contribution is -2.28. The molecule has 0 bridgehead atoms. The second-order valence-corrected chi connectivity index (χ2v) is 11.6. The zero-order valence-electron chi connectivity index (χ0n) is 24.9. The van der Waals surface area contributed by atoms with Gasteiger partial charge in [0.1, 0.15) is 5.76 Å². The molecule has 6 nitrogen and oxygen atoms in total. The van der Waals surface area contributed by atoms with Crippen LogP contribution in [0.15, 0.2) is 94.1 Å². The van der Waals surface area contributed by atoms with Gasteiger partial charge in [0.2, 0.25) is 5.76 Å². The summed E-state index contributed by atoms with van der Waals surface area (Å²) >= 11 is 0. The first-order chi connectivity index (χ1) is 20.8. The standard InChI is InChI=1S/C35H33F3N2O4/c1-22-29(28-10-5-6-11-30(28)39(4)32(22)41)21-40(20-27-16-17-31(44-27)35(36,37)38)19-23-12-14-24(15-13-23)25-8-7-9-26(18-25)34(2,3)33(42)43/h5-18H,19-21H2,1-4H3,(H,42,43). The maximum Gasteiger partial charge on any atom is 0.449 e. The van der Waals surface area contributed by atoms with Crippen molar-refractivity contribution < 1.29 is 27.5 Å². The first-order valence-electron chi connectivity index (χ1n) is 14.1. The summed E-state index contributed by atoms with van der Waals surface area (Å²) in [5, 5.41) is 10.5. The van der Waals surface area contributed by atoms with Crippen LogP contribution in [0.1, 0.15) is 47.6 Å². The van der Waals surface area contributed by atoms with Crippen molar-refractivity contribution in [2.24, 2.45) is 7.05 Å². The van der Waals surface area contributed by atoms with Gasteiger partial charge in [-0.1, -0.05) is 66.7 Å². The maximum absolute atomic E-state index is 13.3. The van der Waals surface area contributed by atoms with Gasteiger partial charge in [0, 0.05) is 31.1 Å². The molecule has 5 rings (SSSR count). The number of fused-ring (bicyclic) bond motifs is 1. The number of para-hydroxylation sites is 1. The molecule has 0 aliphatic heterocycles. The molecule has 0 aliphatic carbocycles. The van der Waals surface area contributed by atoms with E-state index in [-0.39, 0.29) is 17.9 Å². The number of hydrogen-bond acceptors (Lipinski definition) is 4. The van der Waals surface area contributed by atoms with E-state index >= 15 is 0 Å². The molecule has 0 atom stereocenters. The van der Waals surface area contributed by atoms with Gasteiger partial charge in [-0.15, -0.1) is 0 Å². The van der Waals surface area contributed by atoms with E-state index in [9.17, 15) is 27.9 Å². The highest BCUT2D eigenvalue weighted by Gasteiger charge is 2.35. The average Bonchev–Trinajstić information content (AvgIpc) is 3.48. The Bertz CT molecular complexity index is 1890. The predicted molar refractivity (Wildman–Crippen MR) is 163 cm³/mol. The lowest BCUT2D eigenvalue weighted by molar-refractivity contribution is -0.153. The Morgan fingerprint density at radius 2 is 1.59 bits per heavy atom. The Morgan fingerprint density at radius 3 is 2.25 bits per heavy atom. The molecule has 0 spiro atoms. The van der Waals surface area contributed by atoms with Gasteiger partial charge in [-0.05, 0) is 66.8 Å². The van der Waals surface area contributed by atoms with Crippen LogP contribution in [0.25, 0.3) is 22.0 Å². The molecule has 1 N–H and O–H groups in total. The monoisotopic (exact) mass is 602 g/mol. The number of benzene rings is 3. The van der Waals surface area contributed by atoms with Crippen LogP contribution in [0.3, 0.4) is 0 Å². The van der Waals surface area contributed by atoms with Crippen LogP contribution in [0.4, 0.5) is 13.2 Å². The van der Waals surface area contributed by atoms with E-state index in [1.165, 1.54) is 6.07 Å². The molecular formula is C35H33F3N2O4. The fraction of sp³-hybridized carbons (Fsp3) is 0.257. The van der Waals surface area contributed by atoms with Crippen molar-refractivity contribution in [2.45, 2.75) is 52.0 Å². The van der Waals surface area contributed by atoms with Crippen molar-refractivity contribution in [2.75, 3.05) is 0 Å². The van der Waals surface area contributed by atoms with Crippen LogP contribution >= 0.6 is 0 Å². The summed E-state index contributed by atoms with van der Waals surface area (Å²) < 4.78 is 46.6. The number of aliphatic carboxylic acids is 1. The van der Waals surface area contributed by atoms with Crippen LogP contribution < -0.4 is 5.56 Å². The largest absolute Gasteiger partial charge is 0.481 e. The molecule has 44 heavy (non-hydrogen) atoms. The Labute approximate surface area is 253 Å². The van der Waals surface area contributed by atoms with Gasteiger partial charge in [-0.25, -0.2) is 0 Å². The third-order valence-corrected chi connectivity index (χ3v) is 8.18. The SMILES string of the molecule is Cc1c(CN(Cc2ccc(-c3cccc(C(C)(C)C(=O)O)c3)cc2)Cc2ccc(C(F)(F)F)o2)c2ccccc2n(C)c1=O. The average molecular weight is 603 g/mol. The number of rotatable bonds is 9. The molecule has 9 heteroatoms. The molecule has 0 aliphatic rings. The highest BCUT2D eigenvalue weighted by atomic mass is 19.4. The maximum atomic E-state index is 13.3. The lowest BCUT2D eigenvalue weighted by Gasteiger charge is -2.24. The van der Waals surface area contributed by atoms with E-state index < -0.39 is 23.3 Å². The number of alkyl halides is 3. The van der Waals surface area contributed by atoms with E-state index in [1.807, 2.05) is 71.6 Å². The Hall–Kier alpha value is -4.63. The number of furan rings is 1. The summed E-state index contributed by atoms with van der Waals surface area (Å²) in [7, 11) is 1.72. The van der Waals surface area contributed by atoms with Gasteiger partial charge in [0.15, 0.2) is 0 Å². The number of carboxylic acid groups (broad SMARTS) is 1. The molecule has 0 unspecified atom stereocenters. The van der Waals surface area contributed by atoms with E-state index in [0.29, 0.717) is 24.2 Å².